The van der Waals surface area contributed by atoms with Crippen LogP contribution in [0, 0.1) is 6.92 Å². The number of carboxylic acid groups (broad SMARTS) is 1. The Labute approximate surface area is 102 Å². The lowest BCUT2D eigenvalue weighted by Crippen LogP contribution is -2.08. The molecule has 0 radical (unpaired) electrons. The van der Waals surface area contributed by atoms with Gasteiger partial charge in [-0.3, -0.25) is 4.79 Å². The zero-order valence-electron chi connectivity index (χ0n) is 9.04. The van der Waals surface area contributed by atoms with Crippen LogP contribution in [0.15, 0.2) is 12.1 Å². The smallest absolute Gasteiger partial charge is 0.387 e. The van der Waals surface area contributed by atoms with E-state index in [0.717, 1.165) is 0 Å². The normalized spacial score (nSPS) is 10.6. The van der Waals surface area contributed by atoms with Gasteiger partial charge in [0.1, 0.15) is 5.75 Å². The molecular weight excluding hydrogens is 254 g/mol. The molecule has 0 aliphatic heterocycles. The van der Waals surface area contributed by atoms with Crippen LogP contribution in [0.3, 0.4) is 0 Å². The zero-order valence-corrected chi connectivity index (χ0v) is 9.80. The molecule has 3 nitrogen and oxygen atoms in total. The van der Waals surface area contributed by atoms with Gasteiger partial charge in [-0.05, 0) is 24.1 Å². The Hall–Kier alpha value is -1.36. The van der Waals surface area contributed by atoms with Crippen molar-refractivity contribution in [3.05, 3.63) is 28.8 Å². The second kappa shape index (κ2) is 5.82. The first-order valence-corrected chi connectivity index (χ1v) is 5.32. The highest BCUT2D eigenvalue weighted by Gasteiger charge is 2.14. The average molecular weight is 265 g/mol. The second-order valence-electron chi connectivity index (χ2n) is 3.47. The Morgan fingerprint density at radius 3 is 2.59 bits per heavy atom. The van der Waals surface area contributed by atoms with Crippen molar-refractivity contribution in [2.75, 3.05) is 0 Å². The molecule has 0 saturated heterocycles. The van der Waals surface area contributed by atoms with Crippen molar-refractivity contribution >= 4 is 17.6 Å². The van der Waals surface area contributed by atoms with Gasteiger partial charge in [0.25, 0.3) is 0 Å². The minimum atomic E-state index is -2.98. The van der Waals surface area contributed by atoms with Crippen LogP contribution in [0.4, 0.5) is 8.78 Å². The van der Waals surface area contributed by atoms with E-state index in [1.54, 1.807) is 6.92 Å². The van der Waals surface area contributed by atoms with Crippen molar-refractivity contribution in [3.63, 3.8) is 0 Å². The Morgan fingerprint density at radius 1 is 1.47 bits per heavy atom. The number of carbonyl (C=O) groups is 1. The van der Waals surface area contributed by atoms with Crippen molar-refractivity contribution in [2.24, 2.45) is 0 Å². The Kier molecular flexibility index (Phi) is 4.69. The van der Waals surface area contributed by atoms with Gasteiger partial charge >= 0.3 is 12.6 Å². The standard InChI is InChI=1S/C11H11ClF2O3/c1-6-2-9(17-11(13)14)7(4-10(15)16)3-8(6)5-12/h2-3,11H,4-5H2,1H3,(H,15,16). The molecular formula is C11H11ClF2O3. The van der Waals surface area contributed by atoms with E-state index in [9.17, 15) is 13.6 Å². The molecule has 0 amide bonds. The van der Waals surface area contributed by atoms with Gasteiger partial charge in [-0.25, -0.2) is 0 Å². The van der Waals surface area contributed by atoms with Crippen molar-refractivity contribution < 1.29 is 23.4 Å². The monoisotopic (exact) mass is 264 g/mol. The molecule has 1 aromatic rings. The van der Waals surface area contributed by atoms with Crippen molar-refractivity contribution in [1.29, 1.82) is 0 Å². The summed E-state index contributed by atoms with van der Waals surface area (Å²) in [6.45, 7) is -1.29. The lowest BCUT2D eigenvalue weighted by molar-refractivity contribution is -0.136. The van der Waals surface area contributed by atoms with E-state index in [2.05, 4.69) is 4.74 Å². The van der Waals surface area contributed by atoms with Gasteiger partial charge in [0.2, 0.25) is 0 Å². The molecule has 0 bridgehead atoms. The Balaban J connectivity index is 3.15. The van der Waals surface area contributed by atoms with Crippen LogP contribution in [0.5, 0.6) is 5.75 Å². The fourth-order valence-corrected chi connectivity index (χ4v) is 1.72. The maximum Gasteiger partial charge on any atom is 0.387 e. The van der Waals surface area contributed by atoms with Gasteiger partial charge in [0.05, 0.1) is 6.42 Å². The van der Waals surface area contributed by atoms with Gasteiger partial charge in [-0.1, -0.05) is 6.07 Å². The summed E-state index contributed by atoms with van der Waals surface area (Å²) in [5.74, 6) is -1.05. The van der Waals surface area contributed by atoms with E-state index in [4.69, 9.17) is 16.7 Å². The van der Waals surface area contributed by atoms with Crippen LogP contribution < -0.4 is 4.74 Å². The molecule has 1 aromatic carbocycles. The van der Waals surface area contributed by atoms with Crippen LogP contribution in [0.1, 0.15) is 16.7 Å². The topological polar surface area (TPSA) is 46.5 Å². The average Bonchev–Trinajstić information content (AvgIpc) is 2.20. The summed E-state index contributed by atoms with van der Waals surface area (Å²) >= 11 is 5.66. The third-order valence-electron chi connectivity index (χ3n) is 2.22. The molecule has 0 unspecified atom stereocenters. The highest BCUT2D eigenvalue weighted by molar-refractivity contribution is 6.17. The number of aryl methyl sites for hydroxylation is 1. The Morgan fingerprint density at radius 2 is 2.12 bits per heavy atom. The third-order valence-corrected chi connectivity index (χ3v) is 2.51. The van der Waals surface area contributed by atoms with E-state index in [0.29, 0.717) is 11.1 Å². The molecule has 6 heteroatoms. The quantitative estimate of drug-likeness (QED) is 0.832. The first-order chi connectivity index (χ1) is 7.93. The van der Waals surface area contributed by atoms with Crippen molar-refractivity contribution in [2.45, 2.75) is 25.8 Å². The SMILES string of the molecule is Cc1cc(OC(F)F)c(CC(=O)O)cc1CCl. The molecule has 0 atom stereocenters. The number of hydrogen-bond acceptors (Lipinski definition) is 2. The predicted molar refractivity (Wildman–Crippen MR) is 58.7 cm³/mol. The maximum atomic E-state index is 12.2. The number of rotatable bonds is 5. The van der Waals surface area contributed by atoms with Gasteiger partial charge in [-0.15, -0.1) is 11.6 Å². The summed E-state index contributed by atoms with van der Waals surface area (Å²) in [6.07, 6.45) is -0.383. The number of alkyl halides is 3. The van der Waals surface area contributed by atoms with Crippen LogP contribution >= 0.6 is 11.6 Å². The van der Waals surface area contributed by atoms with Gasteiger partial charge in [-0.2, -0.15) is 8.78 Å². The van der Waals surface area contributed by atoms with Crippen molar-refractivity contribution in [3.8, 4) is 5.75 Å². The minimum Gasteiger partial charge on any atom is -0.481 e. The summed E-state index contributed by atoms with van der Waals surface area (Å²) in [5.41, 5.74) is 1.58. The summed E-state index contributed by atoms with van der Waals surface area (Å²) in [4.78, 5) is 10.6. The summed E-state index contributed by atoms with van der Waals surface area (Å²) in [7, 11) is 0. The molecule has 0 aliphatic carbocycles. The fourth-order valence-electron chi connectivity index (χ4n) is 1.43. The van der Waals surface area contributed by atoms with Gasteiger partial charge in [0.15, 0.2) is 0 Å². The van der Waals surface area contributed by atoms with E-state index < -0.39 is 12.6 Å². The number of carboxylic acids is 1. The number of aliphatic carboxylic acids is 1. The van der Waals surface area contributed by atoms with Crippen molar-refractivity contribution in [1.82, 2.24) is 0 Å². The summed E-state index contributed by atoms with van der Waals surface area (Å²) < 4.78 is 28.6. The number of halogens is 3. The van der Waals surface area contributed by atoms with Gasteiger partial charge < -0.3 is 9.84 Å². The molecule has 94 valence electrons. The molecule has 0 fully saturated rings. The summed E-state index contributed by atoms with van der Waals surface area (Å²) in [5, 5.41) is 8.68. The van der Waals surface area contributed by atoms with Crippen LogP contribution in [-0.4, -0.2) is 17.7 Å². The lowest BCUT2D eigenvalue weighted by Gasteiger charge is -2.13. The highest BCUT2D eigenvalue weighted by Crippen LogP contribution is 2.26. The first kappa shape index (κ1) is 13.7. The summed E-state index contributed by atoms with van der Waals surface area (Å²) in [6, 6.07) is 2.86. The molecule has 0 aromatic heterocycles. The highest BCUT2D eigenvalue weighted by atomic mass is 35.5. The molecule has 17 heavy (non-hydrogen) atoms. The fraction of sp³-hybridized carbons (Fsp3) is 0.364. The molecule has 1 rings (SSSR count). The molecule has 0 heterocycles. The van der Waals surface area contributed by atoms with E-state index >= 15 is 0 Å². The molecule has 0 spiro atoms. The third kappa shape index (κ3) is 3.85. The largest absolute Gasteiger partial charge is 0.481 e. The number of hydrogen-bond donors (Lipinski definition) is 1. The van der Waals surface area contributed by atoms with E-state index in [-0.39, 0.29) is 23.6 Å². The lowest BCUT2D eigenvalue weighted by atomic mass is 10.0. The number of ether oxygens (including phenoxy) is 1. The zero-order chi connectivity index (χ0) is 13.0. The first-order valence-electron chi connectivity index (χ1n) is 4.79. The molecule has 0 saturated carbocycles. The maximum absolute atomic E-state index is 12.2. The Bertz CT molecular complexity index is 421. The van der Waals surface area contributed by atoms with Crippen LogP contribution in [0.25, 0.3) is 0 Å². The molecule has 0 aliphatic rings. The van der Waals surface area contributed by atoms with E-state index in [1.165, 1.54) is 12.1 Å². The van der Waals surface area contributed by atoms with Gasteiger partial charge in [0, 0.05) is 11.4 Å². The molecule has 1 N–H and O–H groups in total. The minimum absolute atomic E-state index is 0.117. The second-order valence-corrected chi connectivity index (χ2v) is 3.74. The number of benzene rings is 1. The van der Waals surface area contributed by atoms with Crippen LogP contribution in [0.2, 0.25) is 0 Å². The van der Waals surface area contributed by atoms with Crippen LogP contribution in [-0.2, 0) is 17.1 Å². The van der Waals surface area contributed by atoms with E-state index in [1.807, 2.05) is 0 Å². The predicted octanol–water partition coefficient (Wildman–Crippen LogP) is 2.96.